The molecule has 0 N–H and O–H groups in total. The second-order valence-electron chi connectivity index (χ2n) is 5.40. The fourth-order valence-electron chi connectivity index (χ4n) is 1.90. The Morgan fingerprint density at radius 2 is 1.26 bits per heavy atom. The minimum absolute atomic E-state index is 0.646. The zero-order valence-electron chi connectivity index (χ0n) is 13.7. The topological polar surface area (TPSA) is 36.9 Å². The van der Waals surface area contributed by atoms with Gasteiger partial charge in [0.15, 0.2) is 17.4 Å². The summed E-state index contributed by atoms with van der Waals surface area (Å²) in [5.41, 5.74) is 0. The minimum atomic E-state index is -2.47. The smallest absolute Gasteiger partial charge is 0.456 e. The molecule has 0 amide bonds. The van der Waals surface area contributed by atoms with Crippen LogP contribution in [0.3, 0.4) is 0 Å². The number of hydrogen-bond donors (Lipinski definition) is 0. The zero-order chi connectivity index (χ0) is 14.9. The maximum absolute atomic E-state index is 6.16. The van der Waals surface area contributed by atoms with Gasteiger partial charge in [-0.05, 0) is 53.0 Å². The molecule has 0 aromatic rings. The standard InChI is InChI=1S/C12H31O4Si3/c1-8-13-19(14-9-2,15-10-3)12-11-17(4)16-18(5,6)7/h8-12H2,1-7H3. The van der Waals surface area contributed by atoms with Crippen LogP contribution in [0.1, 0.15) is 20.8 Å². The molecular weight excluding hydrogens is 292 g/mol. The average Bonchev–Trinajstić information content (AvgIpc) is 2.25. The van der Waals surface area contributed by atoms with Crippen molar-refractivity contribution in [3.05, 3.63) is 0 Å². The van der Waals surface area contributed by atoms with E-state index in [2.05, 4.69) is 26.2 Å². The molecule has 0 heterocycles. The van der Waals surface area contributed by atoms with E-state index in [4.69, 9.17) is 17.4 Å². The summed E-state index contributed by atoms with van der Waals surface area (Å²) in [6.07, 6.45) is 0. The minimum Gasteiger partial charge on any atom is -0.456 e. The first-order valence-corrected chi connectivity index (χ1v) is 14.7. The van der Waals surface area contributed by atoms with Crippen LogP contribution in [0.15, 0.2) is 0 Å². The van der Waals surface area contributed by atoms with Crippen molar-refractivity contribution in [3.8, 4) is 0 Å². The fourth-order valence-corrected chi connectivity index (χ4v) is 11.1. The van der Waals surface area contributed by atoms with E-state index in [9.17, 15) is 0 Å². The van der Waals surface area contributed by atoms with Gasteiger partial charge < -0.3 is 17.4 Å². The van der Waals surface area contributed by atoms with Gasteiger partial charge in [0.2, 0.25) is 0 Å². The quantitative estimate of drug-likeness (QED) is 0.545. The third-order valence-electron chi connectivity index (χ3n) is 2.36. The van der Waals surface area contributed by atoms with Crippen LogP contribution < -0.4 is 0 Å². The third kappa shape index (κ3) is 9.11. The van der Waals surface area contributed by atoms with E-state index in [1.54, 1.807) is 0 Å². The first-order valence-electron chi connectivity index (χ1n) is 7.22. The molecule has 115 valence electrons. The molecule has 0 saturated carbocycles. The highest BCUT2D eigenvalue weighted by Crippen LogP contribution is 2.21. The molecule has 0 atom stereocenters. The van der Waals surface area contributed by atoms with Crippen LogP contribution in [0.4, 0.5) is 0 Å². The average molecular weight is 324 g/mol. The molecule has 0 spiro atoms. The Kier molecular flexibility index (Phi) is 9.67. The van der Waals surface area contributed by atoms with Crippen LogP contribution in [0, 0.1) is 0 Å². The molecule has 0 bridgehead atoms. The van der Waals surface area contributed by atoms with Crippen LogP contribution in [0.2, 0.25) is 38.3 Å². The Labute approximate surface area is 123 Å². The Bertz CT molecular complexity index is 216. The van der Waals surface area contributed by atoms with Crippen molar-refractivity contribution in [2.24, 2.45) is 0 Å². The van der Waals surface area contributed by atoms with Gasteiger partial charge >= 0.3 is 8.80 Å². The van der Waals surface area contributed by atoms with Gasteiger partial charge in [0.25, 0.3) is 0 Å². The van der Waals surface area contributed by atoms with Gasteiger partial charge in [-0.15, -0.1) is 0 Å². The molecule has 0 aromatic heterocycles. The SMILES string of the molecule is CCO[Si](CC[Si](C)O[Si](C)(C)C)(OCC)OCC. The lowest BCUT2D eigenvalue weighted by atomic mass is 10.9. The summed E-state index contributed by atoms with van der Waals surface area (Å²) in [6.45, 7) is 16.9. The summed E-state index contributed by atoms with van der Waals surface area (Å²) >= 11 is 0. The summed E-state index contributed by atoms with van der Waals surface area (Å²) in [7, 11) is -4.68. The predicted molar refractivity (Wildman–Crippen MR) is 86.3 cm³/mol. The maximum Gasteiger partial charge on any atom is 0.500 e. The van der Waals surface area contributed by atoms with E-state index < -0.39 is 26.2 Å². The zero-order valence-corrected chi connectivity index (χ0v) is 16.7. The van der Waals surface area contributed by atoms with E-state index in [1.165, 1.54) is 0 Å². The van der Waals surface area contributed by atoms with E-state index in [0.717, 1.165) is 12.1 Å². The summed E-state index contributed by atoms with van der Waals surface area (Å²) in [4.78, 5) is 0. The normalized spacial score (nSPS) is 13.3. The second kappa shape index (κ2) is 9.43. The van der Waals surface area contributed by atoms with Gasteiger partial charge in [0.05, 0.1) is 0 Å². The summed E-state index contributed by atoms with van der Waals surface area (Å²) in [5.74, 6) is 0. The van der Waals surface area contributed by atoms with Crippen LogP contribution in [0.25, 0.3) is 0 Å². The highest BCUT2D eigenvalue weighted by atomic mass is 28.4. The van der Waals surface area contributed by atoms with Gasteiger partial charge in [-0.25, -0.2) is 0 Å². The molecular formula is C12H31O4Si3. The van der Waals surface area contributed by atoms with Crippen molar-refractivity contribution in [2.75, 3.05) is 19.8 Å². The van der Waals surface area contributed by atoms with Crippen molar-refractivity contribution in [1.82, 2.24) is 0 Å². The van der Waals surface area contributed by atoms with Gasteiger partial charge in [0.1, 0.15) is 0 Å². The van der Waals surface area contributed by atoms with E-state index in [0.29, 0.717) is 19.8 Å². The summed E-state index contributed by atoms with van der Waals surface area (Å²) in [6, 6.07) is 1.90. The molecule has 0 aliphatic heterocycles. The van der Waals surface area contributed by atoms with Crippen molar-refractivity contribution < 1.29 is 17.4 Å². The van der Waals surface area contributed by atoms with Crippen molar-refractivity contribution in [2.45, 2.75) is 59.0 Å². The van der Waals surface area contributed by atoms with Gasteiger partial charge in [-0.2, -0.15) is 0 Å². The van der Waals surface area contributed by atoms with Crippen molar-refractivity contribution in [3.63, 3.8) is 0 Å². The van der Waals surface area contributed by atoms with E-state index in [-0.39, 0.29) is 0 Å². The molecule has 0 rings (SSSR count). The molecule has 0 saturated heterocycles. The predicted octanol–water partition coefficient (Wildman–Crippen LogP) is 3.51. The van der Waals surface area contributed by atoms with Crippen LogP contribution in [-0.2, 0) is 17.4 Å². The monoisotopic (exact) mass is 323 g/mol. The van der Waals surface area contributed by atoms with Crippen LogP contribution >= 0.6 is 0 Å². The maximum atomic E-state index is 6.16. The van der Waals surface area contributed by atoms with Crippen LogP contribution in [-0.4, -0.2) is 46.0 Å². The lowest BCUT2D eigenvalue weighted by Crippen LogP contribution is -2.47. The van der Waals surface area contributed by atoms with Crippen molar-refractivity contribution in [1.29, 1.82) is 0 Å². The summed E-state index contributed by atoms with van der Waals surface area (Å²) < 4.78 is 23.7. The second-order valence-corrected chi connectivity index (χ2v) is 15.1. The Morgan fingerprint density at radius 1 is 0.842 bits per heavy atom. The van der Waals surface area contributed by atoms with Gasteiger partial charge in [-0.1, -0.05) is 0 Å². The number of hydrogen-bond acceptors (Lipinski definition) is 4. The highest BCUT2D eigenvalue weighted by molar-refractivity contribution is 6.77. The molecule has 0 unspecified atom stereocenters. The lowest BCUT2D eigenvalue weighted by molar-refractivity contribution is 0.0724. The molecule has 0 aliphatic carbocycles. The molecule has 0 aromatic carbocycles. The van der Waals surface area contributed by atoms with Gasteiger partial charge in [-0.3, -0.25) is 0 Å². The first kappa shape index (κ1) is 19.5. The Balaban J connectivity index is 4.45. The van der Waals surface area contributed by atoms with E-state index in [1.807, 2.05) is 20.8 Å². The molecule has 1 radical (unpaired) electrons. The Morgan fingerprint density at radius 3 is 1.58 bits per heavy atom. The largest absolute Gasteiger partial charge is 0.500 e. The summed E-state index contributed by atoms with van der Waals surface area (Å²) in [5, 5.41) is 0. The third-order valence-corrected chi connectivity index (χ3v) is 10.7. The molecule has 4 nitrogen and oxygen atoms in total. The molecule has 0 aliphatic rings. The van der Waals surface area contributed by atoms with Crippen LogP contribution in [0.5, 0.6) is 0 Å². The molecule has 0 fully saturated rings. The Hall–Kier alpha value is 0.491. The fraction of sp³-hybridized carbons (Fsp3) is 1.00. The lowest BCUT2D eigenvalue weighted by Gasteiger charge is -2.30. The number of rotatable bonds is 11. The highest BCUT2D eigenvalue weighted by Gasteiger charge is 2.40. The van der Waals surface area contributed by atoms with Crippen molar-refractivity contribution >= 4 is 26.2 Å². The van der Waals surface area contributed by atoms with E-state index >= 15 is 0 Å². The molecule has 7 heteroatoms. The first-order chi connectivity index (χ1) is 8.78. The van der Waals surface area contributed by atoms with Gasteiger partial charge in [0, 0.05) is 25.9 Å². The molecule has 19 heavy (non-hydrogen) atoms.